The predicted octanol–water partition coefficient (Wildman–Crippen LogP) is 0.505. The van der Waals surface area contributed by atoms with E-state index in [9.17, 15) is 14.4 Å². The third kappa shape index (κ3) is 5.76. The quantitative estimate of drug-likeness (QED) is 0.497. The number of nitrogens with two attached hydrogens (primary N) is 2. The maximum absolute atomic E-state index is 11.9. The molecule has 0 heterocycles. The molecule has 1 aliphatic rings. The van der Waals surface area contributed by atoms with Crippen LogP contribution in [0.1, 0.15) is 46.5 Å². The number of hydrogen-bond acceptors (Lipinski definition) is 8. The van der Waals surface area contributed by atoms with Gasteiger partial charge in [0, 0.05) is 0 Å². The van der Waals surface area contributed by atoms with Crippen molar-refractivity contribution in [3.8, 4) is 0 Å². The number of esters is 3. The number of methoxy groups -OCH3 is 1. The lowest BCUT2D eigenvalue weighted by Gasteiger charge is -2.45. The molecule has 0 amide bonds. The lowest BCUT2D eigenvalue weighted by atomic mass is 9.71. The van der Waals surface area contributed by atoms with E-state index >= 15 is 0 Å². The third-order valence-electron chi connectivity index (χ3n) is 5.23. The highest BCUT2D eigenvalue weighted by Crippen LogP contribution is 2.40. The Hall–Kier alpha value is -1.51. The van der Waals surface area contributed by atoms with Crippen LogP contribution in [-0.2, 0) is 28.6 Å². The van der Waals surface area contributed by atoms with E-state index in [2.05, 4.69) is 23.3 Å². The van der Waals surface area contributed by atoms with E-state index in [0.29, 0.717) is 11.8 Å². The smallest absolute Gasteiger partial charge is 0.333 e. The molecule has 144 valence electrons. The van der Waals surface area contributed by atoms with Crippen LogP contribution < -0.4 is 11.5 Å². The van der Waals surface area contributed by atoms with Gasteiger partial charge >= 0.3 is 17.9 Å². The van der Waals surface area contributed by atoms with Crippen LogP contribution in [-0.4, -0.2) is 49.3 Å². The van der Waals surface area contributed by atoms with Gasteiger partial charge in [0.15, 0.2) is 0 Å². The first kappa shape index (κ1) is 21.5. The van der Waals surface area contributed by atoms with Crippen LogP contribution >= 0.6 is 0 Å². The third-order valence-corrected chi connectivity index (χ3v) is 5.23. The number of ether oxygens (including phenoxy) is 3. The molecule has 1 saturated carbocycles. The summed E-state index contributed by atoms with van der Waals surface area (Å²) in [6, 6.07) is -2.38. The maximum atomic E-state index is 11.9. The molecule has 0 bridgehead atoms. The molecule has 1 fully saturated rings. The summed E-state index contributed by atoms with van der Waals surface area (Å²) < 4.78 is 15.0. The van der Waals surface area contributed by atoms with Gasteiger partial charge in [-0.3, -0.25) is 4.79 Å². The van der Waals surface area contributed by atoms with E-state index < -0.39 is 30.0 Å². The Morgan fingerprint density at radius 3 is 2.12 bits per heavy atom. The molecule has 25 heavy (non-hydrogen) atoms. The first-order valence-electron chi connectivity index (χ1n) is 8.59. The largest absolute Gasteiger partial charge is 0.469 e. The molecule has 8 heteroatoms. The van der Waals surface area contributed by atoms with Crippen LogP contribution in [0.25, 0.3) is 0 Å². The maximum Gasteiger partial charge on any atom is 0.333 e. The van der Waals surface area contributed by atoms with Gasteiger partial charge in [-0.1, -0.05) is 20.3 Å². The first-order chi connectivity index (χ1) is 11.6. The number of rotatable bonds is 7. The molecule has 1 rings (SSSR count). The Labute approximate surface area is 148 Å². The summed E-state index contributed by atoms with van der Waals surface area (Å²) >= 11 is 0. The summed E-state index contributed by atoms with van der Waals surface area (Å²) in [5.74, 6) is -1.93. The summed E-state index contributed by atoms with van der Waals surface area (Å²) in [7, 11) is 1.17. The first-order valence-corrected chi connectivity index (χ1v) is 8.59. The minimum absolute atomic E-state index is 0.0521. The Morgan fingerprint density at radius 1 is 1.08 bits per heavy atom. The van der Waals surface area contributed by atoms with Gasteiger partial charge in [0.05, 0.1) is 25.7 Å². The van der Waals surface area contributed by atoms with Crippen LogP contribution in [0.2, 0.25) is 0 Å². The van der Waals surface area contributed by atoms with E-state index in [1.54, 1.807) is 0 Å². The van der Waals surface area contributed by atoms with Crippen molar-refractivity contribution >= 4 is 17.9 Å². The summed E-state index contributed by atoms with van der Waals surface area (Å²) in [6.45, 7) is 6.21. The normalized spacial score (nSPS) is 28.7. The lowest BCUT2D eigenvalue weighted by molar-refractivity contribution is -0.167. The summed E-state index contributed by atoms with van der Waals surface area (Å²) in [6.07, 6.45) is 2.90. The van der Waals surface area contributed by atoms with E-state index in [4.69, 9.17) is 16.2 Å². The summed E-state index contributed by atoms with van der Waals surface area (Å²) in [5, 5.41) is 0. The van der Waals surface area contributed by atoms with Gasteiger partial charge in [-0.2, -0.15) is 0 Å². The molecule has 0 radical (unpaired) electrons. The molecule has 8 nitrogen and oxygen atoms in total. The van der Waals surface area contributed by atoms with E-state index in [-0.39, 0.29) is 18.6 Å². The van der Waals surface area contributed by atoms with Crippen LogP contribution in [0.5, 0.6) is 0 Å². The highest BCUT2D eigenvalue weighted by Gasteiger charge is 2.41. The standard InChI is InChI=1S/C17H30N2O6/c1-10-6-5-7-11(2)17(10,3)24-9-13(19)16(22)25-15(21)12(18)8-14(20)23-4/h10-13H,5-9,18-19H2,1-4H3/t10?,11?,12-,13-,17?/m0/s1. The minimum Gasteiger partial charge on any atom is -0.469 e. The Kier molecular flexibility index (Phi) is 7.98. The summed E-state index contributed by atoms with van der Waals surface area (Å²) in [5.41, 5.74) is 10.9. The van der Waals surface area contributed by atoms with Gasteiger partial charge in [0.1, 0.15) is 12.1 Å². The second-order valence-corrected chi connectivity index (χ2v) is 6.96. The van der Waals surface area contributed by atoms with E-state index in [1.165, 1.54) is 7.11 Å². The van der Waals surface area contributed by atoms with Crippen LogP contribution in [0.4, 0.5) is 0 Å². The Bertz CT molecular complexity index is 486. The van der Waals surface area contributed by atoms with Gasteiger partial charge in [-0.05, 0) is 31.6 Å². The average molecular weight is 358 g/mol. The predicted molar refractivity (Wildman–Crippen MR) is 90.2 cm³/mol. The molecule has 2 unspecified atom stereocenters. The van der Waals surface area contributed by atoms with Gasteiger partial charge in [0.2, 0.25) is 0 Å². The second kappa shape index (κ2) is 9.26. The van der Waals surface area contributed by atoms with Crippen LogP contribution in [0, 0.1) is 11.8 Å². The molecule has 0 aromatic rings. The van der Waals surface area contributed by atoms with Crippen LogP contribution in [0.3, 0.4) is 0 Å². The lowest BCUT2D eigenvalue weighted by Crippen LogP contribution is -2.49. The molecular weight excluding hydrogens is 328 g/mol. The molecule has 4 atom stereocenters. The minimum atomic E-state index is -1.28. The van der Waals surface area contributed by atoms with Crippen molar-refractivity contribution in [1.82, 2.24) is 0 Å². The van der Waals surface area contributed by atoms with Crippen molar-refractivity contribution in [2.45, 2.75) is 64.1 Å². The van der Waals surface area contributed by atoms with Crippen molar-refractivity contribution in [3.05, 3.63) is 0 Å². The van der Waals surface area contributed by atoms with Gasteiger partial charge in [-0.25, -0.2) is 9.59 Å². The number of hydrogen-bond donors (Lipinski definition) is 2. The topological polar surface area (TPSA) is 131 Å². The van der Waals surface area contributed by atoms with Crippen molar-refractivity contribution < 1.29 is 28.6 Å². The molecule has 0 spiro atoms. The fraction of sp³-hybridized carbons (Fsp3) is 0.824. The van der Waals surface area contributed by atoms with Crippen molar-refractivity contribution in [2.75, 3.05) is 13.7 Å². The molecule has 0 aromatic heterocycles. The summed E-state index contributed by atoms with van der Waals surface area (Å²) in [4.78, 5) is 34.7. The van der Waals surface area contributed by atoms with Gasteiger partial charge in [0.25, 0.3) is 0 Å². The Balaban J connectivity index is 2.51. The molecule has 0 aromatic carbocycles. The van der Waals surface area contributed by atoms with E-state index in [1.807, 2.05) is 6.92 Å². The Morgan fingerprint density at radius 2 is 1.60 bits per heavy atom. The molecular formula is C17H30N2O6. The highest BCUT2D eigenvalue weighted by molar-refractivity contribution is 5.92. The average Bonchev–Trinajstić information content (AvgIpc) is 2.57. The van der Waals surface area contributed by atoms with Crippen molar-refractivity contribution in [3.63, 3.8) is 0 Å². The molecule has 1 aliphatic carbocycles. The van der Waals surface area contributed by atoms with Crippen molar-refractivity contribution in [1.29, 1.82) is 0 Å². The fourth-order valence-electron chi connectivity index (χ4n) is 3.01. The zero-order valence-corrected chi connectivity index (χ0v) is 15.4. The van der Waals surface area contributed by atoms with Crippen molar-refractivity contribution in [2.24, 2.45) is 23.3 Å². The molecule has 0 saturated heterocycles. The highest BCUT2D eigenvalue weighted by atomic mass is 16.6. The molecule has 0 aliphatic heterocycles. The number of carbonyl (C=O) groups excluding carboxylic acids is 3. The van der Waals surface area contributed by atoms with Crippen LogP contribution in [0.15, 0.2) is 0 Å². The van der Waals surface area contributed by atoms with E-state index in [0.717, 1.165) is 19.3 Å². The van der Waals surface area contributed by atoms with Gasteiger partial charge < -0.3 is 25.7 Å². The number of carbonyl (C=O) groups is 3. The van der Waals surface area contributed by atoms with Gasteiger partial charge in [-0.15, -0.1) is 0 Å². The zero-order valence-electron chi connectivity index (χ0n) is 15.4. The SMILES string of the molecule is COC(=O)C[C@H](N)C(=O)OC(=O)[C@@H](N)COC1(C)C(C)CCCC1C. The second-order valence-electron chi connectivity index (χ2n) is 6.96. The zero-order chi connectivity index (χ0) is 19.2. The molecule has 4 N–H and O–H groups in total. The fourth-order valence-corrected chi connectivity index (χ4v) is 3.01. The monoisotopic (exact) mass is 358 g/mol.